The van der Waals surface area contributed by atoms with Crippen molar-refractivity contribution < 1.29 is 9.15 Å². The van der Waals surface area contributed by atoms with Gasteiger partial charge in [-0.05, 0) is 18.5 Å². The van der Waals surface area contributed by atoms with Crippen molar-refractivity contribution >= 4 is 0 Å². The second-order valence-corrected chi connectivity index (χ2v) is 5.08. The van der Waals surface area contributed by atoms with Crippen LogP contribution in [0.15, 0.2) is 29.1 Å². The fraction of sp³-hybridized carbons (Fsp3) is 0.500. The molecular weight excluding hydrogens is 242 g/mol. The van der Waals surface area contributed by atoms with E-state index in [9.17, 15) is 0 Å². The zero-order valence-corrected chi connectivity index (χ0v) is 11.7. The highest BCUT2D eigenvalue weighted by molar-refractivity contribution is 5.15. The summed E-state index contributed by atoms with van der Waals surface area (Å²) >= 11 is 0. The van der Waals surface area contributed by atoms with Crippen molar-refractivity contribution in [1.82, 2.24) is 15.1 Å². The minimum atomic E-state index is 0.426. The quantitative estimate of drug-likeness (QED) is 0.833. The Balaban J connectivity index is 1.77. The minimum Gasteiger partial charge on any atom is -0.482 e. The van der Waals surface area contributed by atoms with Crippen LogP contribution < -0.4 is 10.1 Å². The van der Waals surface area contributed by atoms with E-state index < -0.39 is 0 Å². The number of nitrogens with zero attached hydrogens (tertiary/aromatic N) is 2. The van der Waals surface area contributed by atoms with E-state index in [0.717, 1.165) is 30.2 Å². The van der Waals surface area contributed by atoms with Gasteiger partial charge in [0.15, 0.2) is 5.75 Å². The number of rotatable bonds is 7. The number of aryl methyl sites for hydroxylation is 1. The fourth-order valence-corrected chi connectivity index (χ4v) is 1.73. The molecule has 2 aromatic heterocycles. The van der Waals surface area contributed by atoms with Crippen molar-refractivity contribution in [2.24, 2.45) is 13.0 Å². The van der Waals surface area contributed by atoms with E-state index in [-0.39, 0.29) is 0 Å². The molecule has 0 radical (unpaired) electrons. The smallest absolute Gasteiger partial charge is 0.157 e. The molecule has 0 fully saturated rings. The Kier molecular flexibility index (Phi) is 4.63. The molecule has 0 aliphatic carbocycles. The Labute approximate surface area is 113 Å². The van der Waals surface area contributed by atoms with E-state index in [2.05, 4.69) is 24.3 Å². The van der Waals surface area contributed by atoms with Crippen LogP contribution in [0.3, 0.4) is 0 Å². The van der Waals surface area contributed by atoms with Gasteiger partial charge in [0.05, 0.1) is 18.7 Å². The van der Waals surface area contributed by atoms with Gasteiger partial charge in [-0.15, -0.1) is 0 Å². The normalized spacial score (nSPS) is 11.2. The second-order valence-electron chi connectivity index (χ2n) is 5.08. The number of aromatic nitrogens is 2. The van der Waals surface area contributed by atoms with Gasteiger partial charge in [0.2, 0.25) is 0 Å². The Morgan fingerprint density at radius 1 is 1.47 bits per heavy atom. The monoisotopic (exact) mass is 263 g/mol. The van der Waals surface area contributed by atoms with Crippen LogP contribution in [-0.2, 0) is 20.2 Å². The average Bonchev–Trinajstić information content (AvgIpc) is 2.95. The highest BCUT2D eigenvalue weighted by Gasteiger charge is 2.04. The first-order chi connectivity index (χ1) is 9.13. The maximum atomic E-state index is 5.57. The van der Waals surface area contributed by atoms with Crippen LogP contribution in [0.5, 0.6) is 5.75 Å². The van der Waals surface area contributed by atoms with Crippen LogP contribution in [0.1, 0.15) is 25.2 Å². The van der Waals surface area contributed by atoms with Crippen LogP contribution in [-0.4, -0.2) is 16.3 Å². The van der Waals surface area contributed by atoms with Gasteiger partial charge in [0.25, 0.3) is 0 Å². The predicted molar refractivity (Wildman–Crippen MR) is 72.8 cm³/mol. The van der Waals surface area contributed by atoms with Gasteiger partial charge < -0.3 is 14.5 Å². The molecule has 5 nitrogen and oxygen atoms in total. The molecule has 2 heterocycles. The van der Waals surface area contributed by atoms with E-state index >= 15 is 0 Å². The summed E-state index contributed by atoms with van der Waals surface area (Å²) in [6.45, 7) is 6.64. The van der Waals surface area contributed by atoms with Crippen molar-refractivity contribution in [3.63, 3.8) is 0 Å². The summed E-state index contributed by atoms with van der Waals surface area (Å²) in [4.78, 5) is 0. The van der Waals surface area contributed by atoms with Crippen molar-refractivity contribution in [2.75, 3.05) is 6.54 Å². The van der Waals surface area contributed by atoms with Crippen LogP contribution in [0, 0.1) is 5.92 Å². The van der Waals surface area contributed by atoms with Gasteiger partial charge >= 0.3 is 0 Å². The van der Waals surface area contributed by atoms with E-state index in [1.165, 1.54) is 0 Å². The molecular formula is C14H21N3O2. The van der Waals surface area contributed by atoms with Crippen molar-refractivity contribution in [2.45, 2.75) is 27.0 Å². The van der Waals surface area contributed by atoms with Crippen LogP contribution in [0.25, 0.3) is 0 Å². The largest absolute Gasteiger partial charge is 0.482 e. The molecule has 0 amide bonds. The molecule has 0 aromatic carbocycles. The summed E-state index contributed by atoms with van der Waals surface area (Å²) in [5.74, 6) is 2.23. The molecule has 104 valence electrons. The lowest BCUT2D eigenvalue weighted by Crippen LogP contribution is -2.18. The summed E-state index contributed by atoms with van der Waals surface area (Å²) in [5, 5.41) is 7.42. The number of hydrogen-bond acceptors (Lipinski definition) is 4. The molecule has 1 N–H and O–H groups in total. The second kappa shape index (κ2) is 6.43. The third-order valence-electron chi connectivity index (χ3n) is 2.65. The number of hydrogen-bond donors (Lipinski definition) is 1. The summed E-state index contributed by atoms with van der Waals surface area (Å²) < 4.78 is 12.7. The highest BCUT2D eigenvalue weighted by Crippen LogP contribution is 2.13. The summed E-state index contributed by atoms with van der Waals surface area (Å²) in [5.41, 5.74) is 1.14. The van der Waals surface area contributed by atoms with Crippen LogP contribution in [0.2, 0.25) is 0 Å². The number of furan rings is 1. The van der Waals surface area contributed by atoms with Gasteiger partial charge in [0.1, 0.15) is 12.4 Å². The lowest BCUT2D eigenvalue weighted by Gasteiger charge is -2.04. The predicted octanol–water partition coefficient (Wildman–Crippen LogP) is 2.34. The number of ether oxygens (including phenoxy) is 1. The molecule has 0 unspecified atom stereocenters. The molecule has 0 saturated heterocycles. The van der Waals surface area contributed by atoms with Crippen LogP contribution >= 0.6 is 0 Å². The van der Waals surface area contributed by atoms with Gasteiger partial charge in [-0.2, -0.15) is 5.10 Å². The molecule has 0 atom stereocenters. The Bertz CT molecular complexity index is 502. The van der Waals surface area contributed by atoms with Crippen LogP contribution in [0.4, 0.5) is 0 Å². The Morgan fingerprint density at radius 2 is 2.32 bits per heavy atom. The average molecular weight is 263 g/mol. The van der Waals surface area contributed by atoms with Crippen molar-refractivity contribution in [3.05, 3.63) is 36.0 Å². The molecule has 0 spiro atoms. The summed E-state index contributed by atoms with van der Waals surface area (Å²) in [7, 11) is 1.86. The Hall–Kier alpha value is -1.75. The molecule has 0 bridgehead atoms. The molecule has 5 heteroatoms. The lowest BCUT2D eigenvalue weighted by atomic mass is 10.2. The third kappa shape index (κ3) is 4.44. The zero-order chi connectivity index (χ0) is 13.7. The summed E-state index contributed by atoms with van der Waals surface area (Å²) in [6.07, 6.45) is 5.29. The van der Waals surface area contributed by atoms with Gasteiger partial charge in [-0.1, -0.05) is 13.8 Å². The highest BCUT2D eigenvalue weighted by atomic mass is 16.5. The first-order valence-electron chi connectivity index (χ1n) is 6.52. The van der Waals surface area contributed by atoms with E-state index in [1.54, 1.807) is 17.1 Å². The molecule has 19 heavy (non-hydrogen) atoms. The maximum Gasteiger partial charge on any atom is 0.157 e. The fourth-order valence-electron chi connectivity index (χ4n) is 1.73. The summed E-state index contributed by atoms with van der Waals surface area (Å²) in [6, 6.07) is 2.02. The zero-order valence-electron chi connectivity index (χ0n) is 11.7. The molecule has 0 aliphatic rings. The van der Waals surface area contributed by atoms with Crippen molar-refractivity contribution in [1.29, 1.82) is 0 Å². The SMILES string of the molecule is CC(C)CNCc1coc(COc2cnn(C)c2)c1. The third-order valence-corrected chi connectivity index (χ3v) is 2.65. The van der Waals surface area contributed by atoms with E-state index in [0.29, 0.717) is 12.5 Å². The first-order valence-corrected chi connectivity index (χ1v) is 6.52. The number of nitrogens with one attached hydrogen (secondary N) is 1. The van der Waals surface area contributed by atoms with Crippen molar-refractivity contribution in [3.8, 4) is 5.75 Å². The minimum absolute atomic E-state index is 0.426. The van der Waals surface area contributed by atoms with Gasteiger partial charge in [-0.25, -0.2) is 0 Å². The molecule has 0 saturated carbocycles. The van der Waals surface area contributed by atoms with E-state index in [4.69, 9.17) is 9.15 Å². The molecule has 2 aromatic rings. The molecule has 0 aliphatic heterocycles. The lowest BCUT2D eigenvalue weighted by molar-refractivity contribution is 0.270. The van der Waals surface area contributed by atoms with Gasteiger partial charge in [-0.3, -0.25) is 4.68 Å². The van der Waals surface area contributed by atoms with E-state index in [1.807, 2.05) is 19.3 Å². The topological polar surface area (TPSA) is 52.2 Å². The first kappa shape index (κ1) is 13.7. The molecule has 2 rings (SSSR count). The standard InChI is InChI=1S/C14H21N3O2/c1-11(2)5-15-6-12-4-13(18-9-12)10-19-14-7-16-17(3)8-14/h4,7-9,11,15H,5-6,10H2,1-3H3. The van der Waals surface area contributed by atoms with Gasteiger partial charge in [0, 0.05) is 19.2 Å². The Morgan fingerprint density at radius 3 is 3.00 bits per heavy atom. The maximum absolute atomic E-state index is 5.57.